The van der Waals surface area contributed by atoms with E-state index in [0.717, 1.165) is 19.1 Å². The summed E-state index contributed by atoms with van der Waals surface area (Å²) in [7, 11) is 0. The van der Waals surface area contributed by atoms with E-state index < -0.39 is 0 Å². The van der Waals surface area contributed by atoms with Crippen LogP contribution in [0.3, 0.4) is 0 Å². The highest BCUT2D eigenvalue weighted by atomic mass is 16.5. The normalized spacial score (nSPS) is 27.9. The van der Waals surface area contributed by atoms with Crippen LogP contribution in [0.15, 0.2) is 0 Å². The van der Waals surface area contributed by atoms with E-state index in [1.807, 2.05) is 0 Å². The van der Waals surface area contributed by atoms with Crippen molar-refractivity contribution < 1.29 is 4.74 Å². The Balaban J connectivity index is 1.89. The first-order chi connectivity index (χ1) is 6.23. The van der Waals surface area contributed by atoms with Crippen LogP contribution < -0.4 is 0 Å². The Morgan fingerprint density at radius 2 is 1.85 bits per heavy atom. The Bertz CT molecular complexity index is 169. The van der Waals surface area contributed by atoms with Gasteiger partial charge in [0.1, 0.15) is 0 Å². The van der Waals surface area contributed by atoms with Crippen molar-refractivity contribution in [2.75, 3.05) is 32.8 Å². The number of hydrogen-bond acceptors (Lipinski definition) is 2. The minimum Gasteiger partial charge on any atom is -0.380 e. The lowest BCUT2D eigenvalue weighted by molar-refractivity contribution is -0.149. The van der Waals surface area contributed by atoms with E-state index in [4.69, 9.17) is 4.74 Å². The fourth-order valence-corrected chi connectivity index (χ4v) is 2.36. The summed E-state index contributed by atoms with van der Waals surface area (Å²) in [5.41, 5.74) is 0.490. The molecule has 0 atom stereocenters. The molecule has 2 heteroatoms. The highest BCUT2D eigenvalue weighted by Crippen LogP contribution is 2.37. The van der Waals surface area contributed by atoms with Crippen LogP contribution in [0.1, 0.15) is 26.7 Å². The Labute approximate surface area is 81.3 Å². The van der Waals surface area contributed by atoms with Crippen LogP contribution in [0.2, 0.25) is 0 Å². The maximum absolute atomic E-state index is 5.38. The van der Waals surface area contributed by atoms with Gasteiger partial charge in [0.05, 0.1) is 13.2 Å². The van der Waals surface area contributed by atoms with Crippen molar-refractivity contribution in [3.63, 3.8) is 0 Å². The van der Waals surface area contributed by atoms with Crippen LogP contribution in [0.25, 0.3) is 0 Å². The van der Waals surface area contributed by atoms with Gasteiger partial charge in [-0.3, -0.25) is 0 Å². The Kier molecular flexibility index (Phi) is 2.61. The Morgan fingerprint density at radius 1 is 1.23 bits per heavy atom. The molecule has 2 heterocycles. The fourth-order valence-electron chi connectivity index (χ4n) is 2.36. The van der Waals surface area contributed by atoms with Crippen molar-refractivity contribution in [2.24, 2.45) is 11.3 Å². The SMILES string of the molecule is CC(C)C1(CN2CCCC2)COC1. The minimum atomic E-state index is 0.490. The summed E-state index contributed by atoms with van der Waals surface area (Å²) in [5, 5.41) is 0. The average Bonchev–Trinajstić information content (AvgIpc) is 2.47. The van der Waals surface area contributed by atoms with Crippen molar-refractivity contribution in [1.29, 1.82) is 0 Å². The van der Waals surface area contributed by atoms with E-state index in [9.17, 15) is 0 Å². The third-order valence-electron chi connectivity index (χ3n) is 3.74. The molecule has 2 aliphatic rings. The number of rotatable bonds is 3. The molecule has 2 aliphatic heterocycles. The smallest absolute Gasteiger partial charge is 0.0559 e. The Hall–Kier alpha value is -0.0800. The molecule has 0 radical (unpaired) electrons. The Morgan fingerprint density at radius 3 is 2.23 bits per heavy atom. The molecular weight excluding hydrogens is 162 g/mol. The third kappa shape index (κ3) is 1.75. The van der Waals surface area contributed by atoms with Crippen LogP contribution in [0, 0.1) is 11.3 Å². The first kappa shape index (κ1) is 9.47. The molecule has 2 rings (SSSR count). The maximum atomic E-state index is 5.38. The van der Waals surface area contributed by atoms with Gasteiger partial charge in [-0.05, 0) is 31.8 Å². The molecule has 0 unspecified atom stereocenters. The van der Waals surface area contributed by atoms with Gasteiger partial charge in [0, 0.05) is 12.0 Å². The van der Waals surface area contributed by atoms with E-state index in [0.29, 0.717) is 5.41 Å². The molecule has 0 aromatic heterocycles. The summed E-state index contributed by atoms with van der Waals surface area (Å²) >= 11 is 0. The van der Waals surface area contributed by atoms with Crippen molar-refractivity contribution in [1.82, 2.24) is 4.90 Å². The second kappa shape index (κ2) is 3.58. The molecule has 0 spiro atoms. The molecule has 0 N–H and O–H groups in total. The average molecular weight is 183 g/mol. The second-order valence-electron chi connectivity index (χ2n) is 4.99. The van der Waals surface area contributed by atoms with Gasteiger partial charge < -0.3 is 9.64 Å². The highest BCUT2D eigenvalue weighted by molar-refractivity contribution is 4.91. The lowest BCUT2D eigenvalue weighted by atomic mass is 9.75. The van der Waals surface area contributed by atoms with Crippen molar-refractivity contribution in [3.8, 4) is 0 Å². The molecule has 0 saturated carbocycles. The lowest BCUT2D eigenvalue weighted by Gasteiger charge is -2.47. The predicted molar refractivity (Wildman–Crippen MR) is 53.8 cm³/mol. The van der Waals surface area contributed by atoms with Crippen LogP contribution >= 0.6 is 0 Å². The van der Waals surface area contributed by atoms with Crippen molar-refractivity contribution in [2.45, 2.75) is 26.7 Å². The summed E-state index contributed by atoms with van der Waals surface area (Å²) in [6.07, 6.45) is 2.80. The minimum absolute atomic E-state index is 0.490. The van der Waals surface area contributed by atoms with E-state index in [1.54, 1.807) is 0 Å². The molecule has 0 bridgehead atoms. The molecule has 76 valence electrons. The largest absolute Gasteiger partial charge is 0.380 e. The summed E-state index contributed by atoms with van der Waals surface area (Å²) in [6, 6.07) is 0. The zero-order valence-electron chi connectivity index (χ0n) is 8.88. The van der Waals surface area contributed by atoms with Crippen LogP contribution in [-0.4, -0.2) is 37.7 Å². The molecular formula is C11H21NO. The van der Waals surface area contributed by atoms with Gasteiger partial charge in [-0.2, -0.15) is 0 Å². The number of hydrogen-bond donors (Lipinski definition) is 0. The van der Waals surface area contributed by atoms with Gasteiger partial charge >= 0.3 is 0 Å². The molecule has 13 heavy (non-hydrogen) atoms. The molecule has 2 fully saturated rings. The van der Waals surface area contributed by atoms with Gasteiger partial charge in [0.25, 0.3) is 0 Å². The van der Waals surface area contributed by atoms with E-state index >= 15 is 0 Å². The van der Waals surface area contributed by atoms with Gasteiger partial charge in [-0.25, -0.2) is 0 Å². The monoisotopic (exact) mass is 183 g/mol. The summed E-state index contributed by atoms with van der Waals surface area (Å²) in [6.45, 7) is 10.5. The van der Waals surface area contributed by atoms with Crippen molar-refractivity contribution in [3.05, 3.63) is 0 Å². The summed E-state index contributed by atoms with van der Waals surface area (Å²) < 4.78 is 5.38. The standard InChI is InChI=1S/C11H21NO/c1-10(2)11(8-13-9-11)7-12-5-3-4-6-12/h10H,3-9H2,1-2H3. The van der Waals surface area contributed by atoms with Gasteiger partial charge in [-0.1, -0.05) is 13.8 Å². The van der Waals surface area contributed by atoms with Gasteiger partial charge in [0.2, 0.25) is 0 Å². The first-order valence-corrected chi connectivity index (χ1v) is 5.53. The van der Waals surface area contributed by atoms with E-state index in [-0.39, 0.29) is 0 Å². The summed E-state index contributed by atoms with van der Waals surface area (Å²) in [4.78, 5) is 2.61. The topological polar surface area (TPSA) is 12.5 Å². The highest BCUT2D eigenvalue weighted by Gasteiger charge is 2.42. The number of likely N-dealkylation sites (tertiary alicyclic amines) is 1. The van der Waals surface area contributed by atoms with Gasteiger partial charge in [-0.15, -0.1) is 0 Å². The zero-order chi connectivity index (χ0) is 9.31. The van der Waals surface area contributed by atoms with Crippen LogP contribution in [-0.2, 0) is 4.74 Å². The van der Waals surface area contributed by atoms with E-state index in [1.165, 1.54) is 32.5 Å². The van der Waals surface area contributed by atoms with Crippen LogP contribution in [0.5, 0.6) is 0 Å². The quantitative estimate of drug-likeness (QED) is 0.661. The molecule has 2 saturated heterocycles. The molecule has 0 amide bonds. The molecule has 2 nitrogen and oxygen atoms in total. The van der Waals surface area contributed by atoms with Crippen molar-refractivity contribution >= 4 is 0 Å². The molecule has 0 aromatic carbocycles. The maximum Gasteiger partial charge on any atom is 0.0559 e. The first-order valence-electron chi connectivity index (χ1n) is 5.53. The second-order valence-corrected chi connectivity index (χ2v) is 4.99. The zero-order valence-corrected chi connectivity index (χ0v) is 8.88. The van der Waals surface area contributed by atoms with E-state index in [2.05, 4.69) is 18.7 Å². The predicted octanol–water partition coefficient (Wildman–Crippen LogP) is 1.75. The van der Waals surface area contributed by atoms with Crippen LogP contribution in [0.4, 0.5) is 0 Å². The van der Waals surface area contributed by atoms with Gasteiger partial charge in [0.15, 0.2) is 0 Å². The lowest BCUT2D eigenvalue weighted by Crippen LogP contribution is -2.53. The number of ether oxygens (including phenoxy) is 1. The molecule has 0 aliphatic carbocycles. The fraction of sp³-hybridized carbons (Fsp3) is 1.00. The number of nitrogens with zero attached hydrogens (tertiary/aromatic N) is 1. The molecule has 0 aromatic rings. The third-order valence-corrected chi connectivity index (χ3v) is 3.74. The summed E-state index contributed by atoms with van der Waals surface area (Å²) in [5.74, 6) is 0.766.